The summed E-state index contributed by atoms with van der Waals surface area (Å²) >= 11 is 0. The minimum atomic E-state index is 0.163. The number of fused-ring (bicyclic) bond motifs is 7. The molecule has 0 fully saturated rings. The number of allylic oxidation sites excluding steroid dienone is 1. The molecule has 238 valence electrons. The largest absolute Gasteiger partial charge is 0.309 e. The van der Waals surface area contributed by atoms with Crippen LogP contribution in [0.4, 0.5) is 5.69 Å². The van der Waals surface area contributed by atoms with Crippen LogP contribution >= 0.6 is 0 Å². The molecule has 1 unspecified atom stereocenters. The van der Waals surface area contributed by atoms with Gasteiger partial charge in [-0.1, -0.05) is 116 Å². The molecule has 10 rings (SSSR count). The van der Waals surface area contributed by atoms with E-state index in [0.29, 0.717) is 0 Å². The van der Waals surface area contributed by atoms with Gasteiger partial charge >= 0.3 is 0 Å². The average Bonchev–Trinajstić information content (AvgIpc) is 3.69. The Hall–Kier alpha value is -6.16. The van der Waals surface area contributed by atoms with E-state index < -0.39 is 0 Å². The fourth-order valence-corrected chi connectivity index (χ4v) is 8.52. The summed E-state index contributed by atoms with van der Waals surface area (Å²) in [4.78, 5) is 0. The van der Waals surface area contributed by atoms with E-state index in [-0.39, 0.29) is 6.04 Å². The summed E-state index contributed by atoms with van der Waals surface area (Å²) in [6.45, 7) is 2.29. The van der Waals surface area contributed by atoms with E-state index in [1.54, 1.807) is 0 Å². The van der Waals surface area contributed by atoms with Gasteiger partial charge in [0.05, 0.1) is 22.1 Å². The van der Waals surface area contributed by atoms with Crippen LogP contribution < -0.4 is 5.32 Å². The molecule has 1 aliphatic rings. The monoisotopic (exact) mass is 642 g/mol. The first-order valence-corrected chi connectivity index (χ1v) is 17.6. The van der Waals surface area contributed by atoms with Crippen molar-refractivity contribution in [3.63, 3.8) is 0 Å². The number of para-hydroxylation sites is 4. The van der Waals surface area contributed by atoms with Crippen LogP contribution in [0.3, 0.4) is 0 Å². The van der Waals surface area contributed by atoms with Crippen molar-refractivity contribution in [3.05, 3.63) is 187 Å². The quantitative estimate of drug-likeness (QED) is 0.181. The number of hydrogen-bond donors (Lipinski definition) is 1. The Morgan fingerprint density at radius 3 is 1.66 bits per heavy atom. The summed E-state index contributed by atoms with van der Waals surface area (Å²) in [5, 5.41) is 7.55. The van der Waals surface area contributed by atoms with E-state index in [1.807, 2.05) is 0 Å². The molecule has 1 atom stereocenters. The molecular weight excluding hydrogens is 607 g/mol. The van der Waals surface area contributed by atoms with Crippen molar-refractivity contribution >= 4 is 60.4 Å². The molecule has 0 radical (unpaired) electrons. The number of hydrogen-bond acceptors (Lipinski definition) is 0. The summed E-state index contributed by atoms with van der Waals surface area (Å²) < 4.78 is 4.86. The van der Waals surface area contributed by atoms with Crippen LogP contribution in [0.5, 0.6) is 0 Å². The summed E-state index contributed by atoms with van der Waals surface area (Å²) in [5.74, 6) is 0. The molecule has 9 aromatic rings. The lowest BCUT2D eigenvalue weighted by Gasteiger charge is -2.29. The molecule has 0 amide bonds. The van der Waals surface area contributed by atoms with Gasteiger partial charge in [-0.25, -0.2) is 0 Å². The molecule has 1 aliphatic heterocycles. The molecule has 0 saturated heterocycles. The third-order valence-electron chi connectivity index (χ3n) is 10.7. The minimum absolute atomic E-state index is 0.163. The van der Waals surface area contributed by atoms with E-state index in [2.05, 4.69) is 191 Å². The number of benzene rings is 7. The van der Waals surface area contributed by atoms with Gasteiger partial charge in [0.15, 0.2) is 0 Å². The Balaban J connectivity index is 1.17. The molecule has 0 spiro atoms. The van der Waals surface area contributed by atoms with E-state index >= 15 is 0 Å². The molecule has 3 heterocycles. The maximum Gasteiger partial charge on any atom is 0.143 e. The first kappa shape index (κ1) is 28.8. The lowest BCUT2D eigenvalue weighted by molar-refractivity contribution is -0.603. The van der Waals surface area contributed by atoms with Gasteiger partial charge in [0.25, 0.3) is 0 Å². The van der Waals surface area contributed by atoms with Gasteiger partial charge in [-0.05, 0) is 78.2 Å². The highest BCUT2D eigenvalue weighted by Crippen LogP contribution is 2.43. The van der Waals surface area contributed by atoms with E-state index in [4.69, 9.17) is 0 Å². The van der Waals surface area contributed by atoms with Crippen molar-refractivity contribution < 1.29 is 5.32 Å². The topological polar surface area (TPSA) is 26.5 Å². The van der Waals surface area contributed by atoms with Crippen LogP contribution in [0.1, 0.15) is 36.1 Å². The van der Waals surface area contributed by atoms with E-state index in [0.717, 1.165) is 6.42 Å². The number of aromatic nitrogens is 2. The predicted octanol–water partition coefficient (Wildman–Crippen LogP) is 11.2. The minimum Gasteiger partial charge on any atom is -0.309 e. The van der Waals surface area contributed by atoms with Gasteiger partial charge in [-0.2, -0.15) is 0 Å². The molecule has 0 saturated carbocycles. The van der Waals surface area contributed by atoms with E-state index in [1.165, 1.54) is 88.5 Å². The van der Waals surface area contributed by atoms with Crippen molar-refractivity contribution in [2.75, 3.05) is 0 Å². The fourth-order valence-electron chi connectivity index (χ4n) is 8.52. The maximum absolute atomic E-state index is 2.46. The van der Waals surface area contributed by atoms with E-state index in [9.17, 15) is 0 Å². The van der Waals surface area contributed by atoms with Gasteiger partial charge in [0.2, 0.25) is 0 Å². The molecule has 50 heavy (non-hydrogen) atoms. The van der Waals surface area contributed by atoms with Gasteiger partial charge < -0.3 is 14.5 Å². The van der Waals surface area contributed by atoms with Crippen LogP contribution in [0, 0.1) is 0 Å². The van der Waals surface area contributed by atoms with Gasteiger partial charge in [0.1, 0.15) is 11.7 Å². The van der Waals surface area contributed by atoms with Gasteiger partial charge in [0, 0.05) is 49.6 Å². The first-order chi connectivity index (χ1) is 24.8. The number of nitrogens with zero attached hydrogens (tertiary/aromatic N) is 2. The SMILES string of the molecule is CCC1=C(c2ccccc2)C(c2ccc(-n3c4ccccc4c4cc5c6ccccc6n(-c6ccccc6)c5cc43)cc2)[NH2+]c2ccccc21. The second-order valence-electron chi connectivity index (χ2n) is 13.4. The molecule has 7 aromatic carbocycles. The van der Waals surface area contributed by atoms with Crippen LogP contribution in [-0.4, -0.2) is 9.13 Å². The van der Waals surface area contributed by atoms with Crippen molar-refractivity contribution in [1.29, 1.82) is 0 Å². The standard InChI is InChI=1S/C47H35N3/c1-2-35-36-19-9-12-22-41(36)48-47(46(35)31-15-5-3-6-16-31)32-25-27-34(28-26-32)50-43-24-14-11-21-38(43)40-29-39-37-20-10-13-23-42(37)49(44(39)30-45(40)50)33-17-7-4-8-18-33/h3-30,47-48H,2H2,1H3/p+1. The highest BCUT2D eigenvalue weighted by atomic mass is 15.0. The fraction of sp³-hybridized carbons (Fsp3) is 0.0638. The molecule has 0 bridgehead atoms. The Labute approximate surface area is 291 Å². The van der Waals surface area contributed by atoms with Gasteiger partial charge in [-0.15, -0.1) is 0 Å². The third kappa shape index (κ3) is 4.34. The second kappa shape index (κ2) is 11.5. The highest BCUT2D eigenvalue weighted by Gasteiger charge is 2.32. The molecule has 0 aliphatic carbocycles. The number of quaternary nitrogens is 1. The Kier molecular flexibility index (Phi) is 6.61. The van der Waals surface area contributed by atoms with Crippen LogP contribution in [0.25, 0.3) is 66.1 Å². The second-order valence-corrected chi connectivity index (χ2v) is 13.4. The van der Waals surface area contributed by atoms with Crippen molar-refractivity contribution in [1.82, 2.24) is 9.13 Å². The predicted molar refractivity (Wildman–Crippen MR) is 209 cm³/mol. The molecule has 2 N–H and O–H groups in total. The number of rotatable bonds is 5. The zero-order chi connectivity index (χ0) is 33.2. The molecule has 2 aromatic heterocycles. The third-order valence-corrected chi connectivity index (χ3v) is 10.7. The summed E-state index contributed by atoms with van der Waals surface area (Å²) in [6.07, 6.45) is 0.985. The molecular formula is C47H36N3+. The average molecular weight is 643 g/mol. The first-order valence-electron chi connectivity index (χ1n) is 17.6. The highest BCUT2D eigenvalue weighted by molar-refractivity contribution is 6.19. The summed E-state index contributed by atoms with van der Waals surface area (Å²) in [6, 6.07) is 62.5. The Morgan fingerprint density at radius 2 is 1.02 bits per heavy atom. The van der Waals surface area contributed by atoms with Crippen molar-refractivity contribution in [2.45, 2.75) is 19.4 Å². The van der Waals surface area contributed by atoms with Crippen molar-refractivity contribution in [3.8, 4) is 11.4 Å². The Morgan fingerprint density at radius 1 is 0.480 bits per heavy atom. The zero-order valence-electron chi connectivity index (χ0n) is 27.9. The van der Waals surface area contributed by atoms with Gasteiger partial charge in [-0.3, -0.25) is 0 Å². The Bertz CT molecular complexity index is 2750. The molecule has 3 nitrogen and oxygen atoms in total. The lowest BCUT2D eigenvalue weighted by atomic mass is 9.82. The van der Waals surface area contributed by atoms with Crippen LogP contribution in [0.15, 0.2) is 170 Å². The van der Waals surface area contributed by atoms with Crippen LogP contribution in [-0.2, 0) is 0 Å². The van der Waals surface area contributed by atoms with Crippen LogP contribution in [0.2, 0.25) is 0 Å². The van der Waals surface area contributed by atoms with Crippen molar-refractivity contribution in [2.24, 2.45) is 0 Å². The zero-order valence-corrected chi connectivity index (χ0v) is 27.9. The normalized spacial score (nSPS) is 14.6. The number of nitrogens with two attached hydrogens (primary N) is 1. The summed E-state index contributed by atoms with van der Waals surface area (Å²) in [5.41, 5.74) is 15.3. The summed E-state index contributed by atoms with van der Waals surface area (Å²) in [7, 11) is 0. The maximum atomic E-state index is 2.46. The lowest BCUT2D eigenvalue weighted by Crippen LogP contribution is -2.80. The smallest absolute Gasteiger partial charge is 0.143 e. The molecule has 3 heteroatoms.